The Kier molecular flexibility index (Phi) is 4.96. The Bertz CT molecular complexity index is 1180. The highest BCUT2D eigenvalue weighted by Gasteiger charge is 2.30. The van der Waals surface area contributed by atoms with Crippen molar-refractivity contribution in [2.45, 2.75) is 32.4 Å². The maximum atomic E-state index is 13.2. The summed E-state index contributed by atoms with van der Waals surface area (Å²) in [7, 11) is 1.63. The molecule has 1 aromatic heterocycles. The molecule has 0 saturated carbocycles. The molecule has 4 rings (SSSR count). The largest absolute Gasteiger partial charge is 0.497 e. The van der Waals surface area contributed by atoms with Crippen molar-refractivity contribution in [3.63, 3.8) is 0 Å². The van der Waals surface area contributed by atoms with E-state index in [9.17, 15) is 14.4 Å². The Balaban J connectivity index is 1.69. The van der Waals surface area contributed by atoms with E-state index in [0.717, 1.165) is 24.2 Å². The van der Waals surface area contributed by atoms with Crippen LogP contribution in [0.15, 0.2) is 52.1 Å². The number of carbonyl (C=O) groups is 1. The van der Waals surface area contributed by atoms with Crippen LogP contribution in [0.3, 0.4) is 0 Å². The third-order valence-electron chi connectivity index (χ3n) is 5.55. The normalized spacial score (nSPS) is 16.3. The van der Waals surface area contributed by atoms with Crippen LogP contribution in [-0.2, 0) is 6.54 Å². The summed E-state index contributed by atoms with van der Waals surface area (Å²) in [6, 6.07) is 12.9. The predicted molar refractivity (Wildman–Crippen MR) is 111 cm³/mol. The third kappa shape index (κ3) is 3.33. The lowest BCUT2D eigenvalue weighted by Gasteiger charge is -2.25. The Hall–Kier alpha value is -3.35. The molecule has 7 heteroatoms. The topological polar surface area (TPSA) is 84.4 Å². The quantitative estimate of drug-likeness (QED) is 0.691. The summed E-state index contributed by atoms with van der Waals surface area (Å²) in [6.07, 6.45) is 1.83. The van der Waals surface area contributed by atoms with E-state index in [0.29, 0.717) is 29.7 Å². The summed E-state index contributed by atoms with van der Waals surface area (Å²) in [4.78, 5) is 41.7. The highest BCUT2D eigenvalue weighted by molar-refractivity contribution is 5.97. The van der Waals surface area contributed by atoms with E-state index in [2.05, 4.69) is 4.98 Å². The van der Waals surface area contributed by atoms with E-state index in [1.165, 1.54) is 4.57 Å². The van der Waals surface area contributed by atoms with E-state index in [1.54, 1.807) is 25.3 Å². The fourth-order valence-corrected chi connectivity index (χ4v) is 4.07. The molecule has 7 nitrogen and oxygen atoms in total. The fraction of sp³-hybridized carbons (Fsp3) is 0.318. The lowest BCUT2D eigenvalue weighted by molar-refractivity contribution is 0.0736. The number of benzene rings is 2. The Morgan fingerprint density at radius 1 is 1.17 bits per heavy atom. The molecule has 3 aromatic rings. The number of aryl methyl sites for hydroxylation is 1. The molecular formula is C22H23N3O4. The molecule has 29 heavy (non-hydrogen) atoms. The van der Waals surface area contributed by atoms with E-state index in [-0.39, 0.29) is 11.9 Å². The molecule has 0 radical (unpaired) electrons. The second-order valence-electron chi connectivity index (χ2n) is 7.17. The van der Waals surface area contributed by atoms with Gasteiger partial charge < -0.3 is 19.2 Å². The van der Waals surface area contributed by atoms with Gasteiger partial charge in [-0.2, -0.15) is 0 Å². The highest BCUT2D eigenvalue weighted by Crippen LogP contribution is 2.34. The van der Waals surface area contributed by atoms with Gasteiger partial charge in [-0.25, -0.2) is 0 Å². The summed E-state index contributed by atoms with van der Waals surface area (Å²) in [5, 5.41) is 0. The molecule has 0 spiro atoms. The SMILES string of the molecule is CCn1c(=O)c(=O)[nH]c2cc(C(=O)N3CCC[C@@H]3c3ccc(OC)cc3)ccc21. The molecule has 150 valence electrons. The molecule has 1 amide bonds. The van der Waals surface area contributed by atoms with Gasteiger partial charge in [0.2, 0.25) is 0 Å². The monoisotopic (exact) mass is 393 g/mol. The summed E-state index contributed by atoms with van der Waals surface area (Å²) >= 11 is 0. The molecule has 0 aliphatic carbocycles. The van der Waals surface area contributed by atoms with Gasteiger partial charge in [0.05, 0.1) is 24.2 Å². The summed E-state index contributed by atoms with van der Waals surface area (Å²) in [5.74, 6) is 0.699. The molecule has 1 atom stereocenters. The molecule has 0 bridgehead atoms. The number of hydrogen-bond acceptors (Lipinski definition) is 4. The fourth-order valence-electron chi connectivity index (χ4n) is 4.07. The second-order valence-corrected chi connectivity index (χ2v) is 7.17. The molecule has 1 saturated heterocycles. The van der Waals surface area contributed by atoms with E-state index in [1.807, 2.05) is 36.1 Å². The number of nitrogens with zero attached hydrogens (tertiary/aromatic N) is 2. The third-order valence-corrected chi connectivity index (χ3v) is 5.55. The van der Waals surface area contributed by atoms with Crippen molar-refractivity contribution in [2.75, 3.05) is 13.7 Å². The number of likely N-dealkylation sites (tertiary alicyclic amines) is 1. The minimum atomic E-state index is -0.679. The average Bonchev–Trinajstić information content (AvgIpc) is 3.24. The van der Waals surface area contributed by atoms with Crippen LogP contribution in [0.25, 0.3) is 11.0 Å². The second kappa shape index (κ2) is 7.58. The number of H-pyrrole nitrogens is 1. The zero-order valence-corrected chi connectivity index (χ0v) is 16.5. The van der Waals surface area contributed by atoms with Gasteiger partial charge in [-0.05, 0) is 55.7 Å². The maximum absolute atomic E-state index is 13.2. The van der Waals surface area contributed by atoms with Gasteiger partial charge in [0.1, 0.15) is 5.75 Å². The lowest BCUT2D eigenvalue weighted by Crippen LogP contribution is -2.36. The zero-order valence-electron chi connectivity index (χ0n) is 16.5. The lowest BCUT2D eigenvalue weighted by atomic mass is 10.0. The number of rotatable bonds is 4. The highest BCUT2D eigenvalue weighted by atomic mass is 16.5. The minimum Gasteiger partial charge on any atom is -0.497 e. The summed E-state index contributed by atoms with van der Waals surface area (Å²) in [6.45, 7) is 2.87. The molecule has 1 fully saturated rings. The van der Waals surface area contributed by atoms with Gasteiger partial charge in [0, 0.05) is 18.7 Å². The molecule has 1 aliphatic heterocycles. The van der Waals surface area contributed by atoms with Crippen molar-refractivity contribution >= 4 is 16.9 Å². The van der Waals surface area contributed by atoms with Crippen LogP contribution < -0.4 is 15.9 Å². The van der Waals surface area contributed by atoms with Crippen LogP contribution in [0.4, 0.5) is 0 Å². The van der Waals surface area contributed by atoms with Crippen LogP contribution in [0.5, 0.6) is 5.75 Å². The first-order valence-electron chi connectivity index (χ1n) is 9.75. The van der Waals surface area contributed by atoms with Crippen molar-refractivity contribution in [1.82, 2.24) is 14.5 Å². The van der Waals surface area contributed by atoms with Crippen LogP contribution in [-0.4, -0.2) is 34.0 Å². The number of fused-ring (bicyclic) bond motifs is 1. The van der Waals surface area contributed by atoms with Crippen LogP contribution in [0.1, 0.15) is 41.7 Å². The predicted octanol–water partition coefficient (Wildman–Crippen LogP) is 2.70. The van der Waals surface area contributed by atoms with E-state index < -0.39 is 11.1 Å². The summed E-state index contributed by atoms with van der Waals surface area (Å²) < 4.78 is 6.63. The average molecular weight is 393 g/mol. The number of nitrogens with one attached hydrogen (secondary N) is 1. The van der Waals surface area contributed by atoms with Crippen LogP contribution in [0, 0.1) is 0 Å². The van der Waals surface area contributed by atoms with Crippen LogP contribution >= 0.6 is 0 Å². The smallest absolute Gasteiger partial charge is 0.316 e. The number of carbonyl (C=O) groups excluding carboxylic acids is 1. The first-order chi connectivity index (χ1) is 14.0. The van der Waals surface area contributed by atoms with Crippen LogP contribution in [0.2, 0.25) is 0 Å². The molecule has 2 heterocycles. The van der Waals surface area contributed by atoms with Gasteiger partial charge in [-0.3, -0.25) is 14.4 Å². The number of aromatic nitrogens is 2. The van der Waals surface area contributed by atoms with Gasteiger partial charge in [-0.1, -0.05) is 12.1 Å². The van der Waals surface area contributed by atoms with Crippen molar-refractivity contribution in [3.05, 3.63) is 74.3 Å². The number of methoxy groups -OCH3 is 1. The Labute approximate surface area is 167 Å². The molecule has 2 aromatic carbocycles. The number of aromatic amines is 1. The van der Waals surface area contributed by atoms with E-state index in [4.69, 9.17) is 4.74 Å². The van der Waals surface area contributed by atoms with Gasteiger partial charge >= 0.3 is 11.1 Å². The van der Waals surface area contributed by atoms with Crippen molar-refractivity contribution in [1.29, 1.82) is 0 Å². The summed E-state index contributed by atoms with van der Waals surface area (Å²) in [5.41, 5.74) is 1.41. The molecule has 0 unspecified atom stereocenters. The van der Waals surface area contributed by atoms with Crippen molar-refractivity contribution in [2.24, 2.45) is 0 Å². The van der Waals surface area contributed by atoms with Crippen molar-refractivity contribution in [3.8, 4) is 5.75 Å². The van der Waals surface area contributed by atoms with Crippen molar-refractivity contribution < 1.29 is 9.53 Å². The Morgan fingerprint density at radius 3 is 2.62 bits per heavy atom. The molecular weight excluding hydrogens is 370 g/mol. The molecule has 1 N–H and O–H groups in total. The zero-order chi connectivity index (χ0) is 20.5. The van der Waals surface area contributed by atoms with E-state index >= 15 is 0 Å². The minimum absolute atomic E-state index is 0.00717. The van der Waals surface area contributed by atoms with Gasteiger partial charge in [0.15, 0.2) is 0 Å². The standard InChI is InChI=1S/C22H23N3O4/c1-3-24-19-11-8-15(13-17(19)23-20(26)22(24)28)21(27)25-12-4-5-18(25)14-6-9-16(29-2)10-7-14/h6-11,13,18H,3-5,12H2,1-2H3,(H,23,26)/t18-/m1/s1. The number of ether oxygens (including phenoxy) is 1. The number of amides is 1. The maximum Gasteiger partial charge on any atom is 0.316 e. The van der Waals surface area contributed by atoms with Gasteiger partial charge in [0.25, 0.3) is 5.91 Å². The Morgan fingerprint density at radius 2 is 1.93 bits per heavy atom. The van der Waals surface area contributed by atoms with Gasteiger partial charge in [-0.15, -0.1) is 0 Å². The first-order valence-corrected chi connectivity index (χ1v) is 9.75. The number of hydrogen-bond donors (Lipinski definition) is 1. The first kappa shape index (κ1) is 19.0. The molecule has 1 aliphatic rings.